The fourth-order valence-corrected chi connectivity index (χ4v) is 5.59. The van der Waals surface area contributed by atoms with E-state index in [1.54, 1.807) is 7.11 Å². The molecule has 1 aromatic carbocycles. The molecule has 1 saturated heterocycles. The highest BCUT2D eigenvalue weighted by atomic mass is 32.2. The van der Waals surface area contributed by atoms with Gasteiger partial charge in [-0.25, -0.2) is 8.42 Å². The number of aromatic nitrogens is 2. The van der Waals surface area contributed by atoms with Gasteiger partial charge >= 0.3 is 0 Å². The Bertz CT molecular complexity index is 922. The van der Waals surface area contributed by atoms with Crippen LogP contribution in [0.25, 0.3) is 0 Å². The van der Waals surface area contributed by atoms with Crippen LogP contribution in [0.15, 0.2) is 24.3 Å². The Labute approximate surface area is 173 Å². The van der Waals surface area contributed by atoms with Gasteiger partial charge in [-0.15, -0.1) is 0 Å². The van der Waals surface area contributed by atoms with E-state index in [0.717, 1.165) is 42.4 Å². The highest BCUT2D eigenvalue weighted by Crippen LogP contribution is 2.26. The molecule has 1 aromatic heterocycles. The third kappa shape index (κ3) is 5.51. The zero-order valence-electron chi connectivity index (χ0n) is 17.8. The number of sulfone groups is 1. The van der Waals surface area contributed by atoms with Crippen molar-refractivity contribution >= 4 is 9.84 Å². The molecule has 2 aromatic rings. The average Bonchev–Trinajstić information content (AvgIpc) is 3.19. The summed E-state index contributed by atoms with van der Waals surface area (Å²) in [5.41, 5.74) is 3.32. The molecule has 0 aliphatic carbocycles. The van der Waals surface area contributed by atoms with Crippen LogP contribution in [0.1, 0.15) is 35.8 Å². The summed E-state index contributed by atoms with van der Waals surface area (Å²) in [5.74, 6) is 2.15. The lowest BCUT2D eigenvalue weighted by Gasteiger charge is -2.15. The molecule has 0 radical (unpaired) electrons. The largest absolute Gasteiger partial charge is 0.497 e. The van der Waals surface area contributed by atoms with Gasteiger partial charge in [0.05, 0.1) is 56.1 Å². The quantitative estimate of drug-likeness (QED) is 0.618. The predicted octanol–water partition coefficient (Wildman–Crippen LogP) is 1.35. The molecule has 1 aliphatic heterocycles. The Morgan fingerprint density at radius 1 is 1.21 bits per heavy atom. The molecule has 1 aliphatic rings. The first-order valence-corrected chi connectivity index (χ1v) is 11.9. The molecule has 0 spiro atoms. The molecule has 2 atom stereocenters. The van der Waals surface area contributed by atoms with E-state index in [1.165, 1.54) is 10.5 Å². The van der Waals surface area contributed by atoms with E-state index in [4.69, 9.17) is 9.47 Å². The summed E-state index contributed by atoms with van der Waals surface area (Å²) in [4.78, 5) is 1.38. The van der Waals surface area contributed by atoms with Crippen molar-refractivity contribution < 1.29 is 22.8 Å². The van der Waals surface area contributed by atoms with Crippen LogP contribution in [0.4, 0.5) is 0 Å². The van der Waals surface area contributed by atoms with E-state index in [0.29, 0.717) is 13.0 Å². The van der Waals surface area contributed by atoms with Crippen LogP contribution >= 0.6 is 0 Å². The predicted molar refractivity (Wildman–Crippen MR) is 113 cm³/mol. The number of rotatable bonds is 9. The molecule has 29 heavy (non-hydrogen) atoms. The van der Waals surface area contributed by atoms with Gasteiger partial charge in [0, 0.05) is 12.1 Å². The summed E-state index contributed by atoms with van der Waals surface area (Å²) < 4.78 is 36.5. The summed E-state index contributed by atoms with van der Waals surface area (Å²) in [6.07, 6.45) is 1.61. The monoisotopic (exact) mass is 422 g/mol. The molecule has 1 unspecified atom stereocenters. The Morgan fingerprint density at radius 3 is 2.52 bits per heavy atom. The van der Waals surface area contributed by atoms with Crippen molar-refractivity contribution in [3.05, 3.63) is 41.2 Å². The summed E-state index contributed by atoms with van der Waals surface area (Å²) in [5, 5.41) is 4.66. The van der Waals surface area contributed by atoms with Crippen LogP contribution in [0.2, 0.25) is 0 Å². The first-order chi connectivity index (χ1) is 13.8. The molecule has 3 rings (SSSR count). The van der Waals surface area contributed by atoms with Gasteiger partial charge in [0.1, 0.15) is 18.0 Å². The maximum Gasteiger partial charge on any atom is 0.152 e. The Balaban J connectivity index is 1.49. The summed E-state index contributed by atoms with van der Waals surface area (Å²) in [6, 6.07) is 7.60. The maximum atomic E-state index is 11.8. The van der Waals surface area contributed by atoms with E-state index >= 15 is 0 Å². The molecular weight excluding hydrogens is 390 g/mol. The second-order valence-corrected chi connectivity index (χ2v) is 10.1. The Morgan fingerprint density at radius 2 is 1.90 bits per heavy atom. The molecule has 0 bridgehead atoms. The van der Waals surface area contributed by atoms with Crippen LogP contribution in [0.3, 0.4) is 0 Å². The van der Waals surface area contributed by atoms with Gasteiger partial charge < -0.3 is 14.4 Å². The normalized spacial score (nSPS) is 19.2. The van der Waals surface area contributed by atoms with Gasteiger partial charge in [0.25, 0.3) is 0 Å². The van der Waals surface area contributed by atoms with Gasteiger partial charge in [-0.1, -0.05) is 0 Å². The zero-order valence-corrected chi connectivity index (χ0v) is 18.6. The van der Waals surface area contributed by atoms with Crippen molar-refractivity contribution in [1.29, 1.82) is 0 Å². The van der Waals surface area contributed by atoms with E-state index in [1.807, 2.05) is 35.9 Å². The number of methoxy groups -OCH3 is 1. The summed E-state index contributed by atoms with van der Waals surface area (Å²) in [6.45, 7) is 6.60. The number of ether oxygens (including phenoxy) is 2. The van der Waals surface area contributed by atoms with E-state index in [9.17, 15) is 8.42 Å². The number of nitrogens with zero attached hydrogens (tertiary/aromatic N) is 2. The number of quaternary nitrogens is 1. The fourth-order valence-electron chi connectivity index (χ4n) is 3.90. The number of hydrogen-bond acceptors (Lipinski definition) is 5. The van der Waals surface area contributed by atoms with E-state index < -0.39 is 9.84 Å². The SMILES string of the molecule is COc1ccc(OCCC[NH+](C)Cc2c(C)nn([C@@H]3CCS(=O)(=O)C3)c2C)cc1. The van der Waals surface area contributed by atoms with Crippen molar-refractivity contribution in [2.24, 2.45) is 0 Å². The molecule has 1 fully saturated rings. The first-order valence-electron chi connectivity index (χ1n) is 10.1. The Hall–Kier alpha value is -2.06. The minimum Gasteiger partial charge on any atom is -0.497 e. The average molecular weight is 423 g/mol. The second kappa shape index (κ2) is 9.17. The molecular formula is C21H32N3O4S+. The summed E-state index contributed by atoms with van der Waals surface area (Å²) in [7, 11) is 0.905. The van der Waals surface area contributed by atoms with Crippen molar-refractivity contribution in [3.63, 3.8) is 0 Å². The molecule has 8 heteroatoms. The smallest absolute Gasteiger partial charge is 0.152 e. The first kappa shape index (κ1) is 21.6. The fraction of sp³-hybridized carbons (Fsp3) is 0.571. The molecule has 7 nitrogen and oxygen atoms in total. The van der Waals surface area contributed by atoms with Crippen molar-refractivity contribution in [1.82, 2.24) is 9.78 Å². The molecule has 0 saturated carbocycles. The zero-order chi connectivity index (χ0) is 21.0. The minimum atomic E-state index is -2.92. The lowest BCUT2D eigenvalue weighted by molar-refractivity contribution is -0.894. The highest BCUT2D eigenvalue weighted by molar-refractivity contribution is 7.91. The van der Waals surface area contributed by atoms with Gasteiger partial charge in [0.2, 0.25) is 0 Å². The number of aryl methyl sites for hydroxylation is 1. The summed E-state index contributed by atoms with van der Waals surface area (Å²) >= 11 is 0. The lowest BCUT2D eigenvalue weighted by Crippen LogP contribution is -3.07. The van der Waals surface area contributed by atoms with E-state index in [-0.39, 0.29) is 17.5 Å². The highest BCUT2D eigenvalue weighted by Gasteiger charge is 2.31. The van der Waals surface area contributed by atoms with Crippen LogP contribution in [-0.4, -0.2) is 57.0 Å². The van der Waals surface area contributed by atoms with Gasteiger partial charge in [-0.2, -0.15) is 5.10 Å². The standard InChI is InChI=1S/C21H31N3O4S/c1-16-21(17(2)24(22-16)18-10-13-29(25,26)15-18)14-23(3)11-5-12-28-20-8-6-19(27-4)7-9-20/h6-9,18H,5,10-15H2,1-4H3/p+1/t18-/m1/s1. The second-order valence-electron chi connectivity index (χ2n) is 7.91. The number of benzene rings is 1. The van der Waals surface area contributed by atoms with E-state index in [2.05, 4.69) is 19.1 Å². The van der Waals surface area contributed by atoms with Crippen LogP contribution in [-0.2, 0) is 16.4 Å². The van der Waals surface area contributed by atoms with Crippen molar-refractivity contribution in [3.8, 4) is 11.5 Å². The minimum absolute atomic E-state index is 0.0225. The van der Waals surface area contributed by atoms with Gasteiger partial charge in [-0.05, 0) is 44.5 Å². The van der Waals surface area contributed by atoms with Gasteiger partial charge in [-0.3, -0.25) is 4.68 Å². The van der Waals surface area contributed by atoms with Crippen LogP contribution in [0, 0.1) is 13.8 Å². The van der Waals surface area contributed by atoms with Crippen LogP contribution in [0.5, 0.6) is 11.5 Å². The number of hydrogen-bond donors (Lipinski definition) is 1. The number of nitrogens with one attached hydrogen (secondary N) is 1. The molecule has 0 amide bonds. The van der Waals surface area contributed by atoms with Gasteiger partial charge in [0.15, 0.2) is 9.84 Å². The van der Waals surface area contributed by atoms with Crippen LogP contribution < -0.4 is 14.4 Å². The molecule has 1 N–H and O–H groups in total. The third-order valence-corrected chi connectivity index (χ3v) is 7.33. The lowest BCUT2D eigenvalue weighted by atomic mass is 10.1. The maximum absolute atomic E-state index is 11.8. The Kier molecular flexibility index (Phi) is 6.85. The topological polar surface area (TPSA) is 74.9 Å². The van der Waals surface area contributed by atoms with Crippen molar-refractivity contribution in [2.45, 2.75) is 39.3 Å². The molecule has 2 heterocycles. The third-order valence-electron chi connectivity index (χ3n) is 5.58. The van der Waals surface area contributed by atoms with Crippen molar-refractivity contribution in [2.75, 3.05) is 38.8 Å². The molecule has 160 valence electrons.